The van der Waals surface area contributed by atoms with Gasteiger partial charge >= 0.3 is 0 Å². The topological polar surface area (TPSA) is 98.7 Å². The standard InChI is InChI=1S/C10H12N6O/c1-7-2-3-12-4-8(7)14-9(17)5-16-6-13-10(11)15-16/h2-4,6H,5H2,1H3,(H2,11,15)(H,14,17). The highest BCUT2D eigenvalue weighted by molar-refractivity contribution is 5.91. The highest BCUT2D eigenvalue weighted by Gasteiger charge is 2.06. The summed E-state index contributed by atoms with van der Waals surface area (Å²) in [6.45, 7) is 1.96. The van der Waals surface area contributed by atoms with Crippen LogP contribution in [0, 0.1) is 6.92 Å². The Labute approximate surface area is 97.7 Å². The van der Waals surface area contributed by atoms with Crippen molar-refractivity contribution in [1.29, 1.82) is 0 Å². The molecular weight excluding hydrogens is 220 g/mol. The van der Waals surface area contributed by atoms with Gasteiger partial charge in [0.05, 0.1) is 11.9 Å². The van der Waals surface area contributed by atoms with Crippen molar-refractivity contribution in [3.8, 4) is 0 Å². The summed E-state index contributed by atoms with van der Waals surface area (Å²) in [4.78, 5) is 19.3. The van der Waals surface area contributed by atoms with Crippen LogP contribution in [0.15, 0.2) is 24.8 Å². The van der Waals surface area contributed by atoms with E-state index in [2.05, 4.69) is 20.4 Å². The van der Waals surface area contributed by atoms with Crippen LogP contribution in [0.3, 0.4) is 0 Å². The van der Waals surface area contributed by atoms with E-state index in [1.54, 1.807) is 12.4 Å². The van der Waals surface area contributed by atoms with E-state index >= 15 is 0 Å². The molecule has 0 aromatic carbocycles. The van der Waals surface area contributed by atoms with Crippen LogP contribution >= 0.6 is 0 Å². The van der Waals surface area contributed by atoms with Gasteiger partial charge < -0.3 is 11.1 Å². The first-order valence-electron chi connectivity index (χ1n) is 5.00. The molecule has 0 fully saturated rings. The first kappa shape index (κ1) is 11.1. The van der Waals surface area contributed by atoms with Crippen LogP contribution in [0.4, 0.5) is 11.6 Å². The lowest BCUT2D eigenvalue weighted by Crippen LogP contribution is -2.19. The Morgan fingerprint density at radius 2 is 2.41 bits per heavy atom. The fourth-order valence-corrected chi connectivity index (χ4v) is 1.32. The normalized spacial score (nSPS) is 10.2. The maximum Gasteiger partial charge on any atom is 0.246 e. The Morgan fingerprint density at radius 3 is 3.06 bits per heavy atom. The lowest BCUT2D eigenvalue weighted by molar-refractivity contribution is -0.116. The number of aryl methyl sites for hydroxylation is 1. The zero-order valence-corrected chi connectivity index (χ0v) is 9.29. The SMILES string of the molecule is Cc1ccncc1NC(=O)Cn1cnc(N)n1. The second-order valence-electron chi connectivity index (χ2n) is 3.54. The quantitative estimate of drug-likeness (QED) is 0.787. The van der Waals surface area contributed by atoms with E-state index in [4.69, 9.17) is 5.73 Å². The second-order valence-corrected chi connectivity index (χ2v) is 3.54. The Bertz CT molecular complexity index is 535. The first-order chi connectivity index (χ1) is 8.15. The van der Waals surface area contributed by atoms with Gasteiger partial charge in [-0.2, -0.15) is 0 Å². The van der Waals surface area contributed by atoms with Gasteiger partial charge in [0.2, 0.25) is 11.9 Å². The molecule has 0 aliphatic rings. The van der Waals surface area contributed by atoms with Crippen LogP contribution in [-0.2, 0) is 11.3 Å². The number of rotatable bonds is 3. The molecule has 2 rings (SSSR count). The number of nitrogens with zero attached hydrogens (tertiary/aromatic N) is 4. The molecule has 0 spiro atoms. The summed E-state index contributed by atoms with van der Waals surface area (Å²) < 4.78 is 1.37. The minimum absolute atomic E-state index is 0.0680. The van der Waals surface area contributed by atoms with Gasteiger partial charge in [0, 0.05) is 6.20 Å². The smallest absolute Gasteiger partial charge is 0.246 e. The molecule has 2 aromatic rings. The van der Waals surface area contributed by atoms with E-state index in [-0.39, 0.29) is 18.4 Å². The number of nitrogen functional groups attached to an aromatic ring is 1. The summed E-state index contributed by atoms with van der Waals surface area (Å²) in [5.74, 6) is -0.0543. The highest BCUT2D eigenvalue weighted by Crippen LogP contribution is 2.11. The molecule has 17 heavy (non-hydrogen) atoms. The molecule has 0 atom stereocenters. The van der Waals surface area contributed by atoms with Crippen molar-refractivity contribution < 1.29 is 4.79 Å². The molecule has 1 amide bonds. The third-order valence-corrected chi connectivity index (χ3v) is 2.17. The molecule has 0 aliphatic carbocycles. The molecule has 88 valence electrons. The Morgan fingerprint density at radius 1 is 1.59 bits per heavy atom. The summed E-state index contributed by atoms with van der Waals surface area (Å²) in [5.41, 5.74) is 6.98. The van der Waals surface area contributed by atoms with E-state index in [1.807, 2.05) is 13.0 Å². The number of pyridine rings is 1. The van der Waals surface area contributed by atoms with Crippen molar-refractivity contribution in [2.75, 3.05) is 11.1 Å². The predicted octanol–water partition coefficient (Wildman–Crippen LogP) is 0.202. The number of nitrogens with one attached hydrogen (secondary N) is 1. The van der Waals surface area contributed by atoms with E-state index in [0.29, 0.717) is 5.69 Å². The van der Waals surface area contributed by atoms with Crippen LogP contribution in [0.25, 0.3) is 0 Å². The number of aromatic nitrogens is 4. The molecule has 2 heterocycles. The zero-order chi connectivity index (χ0) is 12.3. The molecule has 7 nitrogen and oxygen atoms in total. The zero-order valence-electron chi connectivity index (χ0n) is 9.29. The number of anilines is 2. The Hall–Kier alpha value is -2.44. The summed E-state index contributed by atoms with van der Waals surface area (Å²) in [6, 6.07) is 1.82. The predicted molar refractivity (Wildman–Crippen MR) is 62.0 cm³/mol. The van der Waals surface area contributed by atoms with E-state index < -0.39 is 0 Å². The summed E-state index contributed by atoms with van der Waals surface area (Å²) >= 11 is 0. The molecule has 7 heteroatoms. The van der Waals surface area contributed by atoms with Gasteiger partial charge in [0.25, 0.3) is 0 Å². The lowest BCUT2D eigenvalue weighted by atomic mass is 10.2. The molecule has 0 unspecified atom stereocenters. The minimum atomic E-state index is -0.203. The van der Waals surface area contributed by atoms with Crippen molar-refractivity contribution in [2.24, 2.45) is 0 Å². The number of nitrogens with two attached hydrogens (primary N) is 1. The fourth-order valence-electron chi connectivity index (χ4n) is 1.32. The molecule has 0 saturated heterocycles. The van der Waals surface area contributed by atoms with Gasteiger partial charge in [-0.25, -0.2) is 9.67 Å². The summed E-state index contributed by atoms with van der Waals surface area (Å²) in [6.07, 6.45) is 4.68. The van der Waals surface area contributed by atoms with Gasteiger partial charge in [0.15, 0.2) is 0 Å². The lowest BCUT2D eigenvalue weighted by Gasteiger charge is -2.06. The molecule has 0 radical (unpaired) electrons. The Balaban J connectivity index is 2.01. The number of hydrogen-bond acceptors (Lipinski definition) is 5. The van der Waals surface area contributed by atoms with E-state index in [1.165, 1.54) is 11.0 Å². The van der Waals surface area contributed by atoms with Gasteiger partial charge in [-0.15, -0.1) is 5.10 Å². The number of carbonyl (C=O) groups is 1. The average Bonchev–Trinajstić information content (AvgIpc) is 2.67. The van der Waals surface area contributed by atoms with Gasteiger partial charge in [-0.05, 0) is 18.6 Å². The fraction of sp³-hybridized carbons (Fsp3) is 0.200. The van der Waals surface area contributed by atoms with Crippen LogP contribution in [0.5, 0.6) is 0 Å². The van der Waals surface area contributed by atoms with Crippen molar-refractivity contribution in [1.82, 2.24) is 19.7 Å². The van der Waals surface area contributed by atoms with E-state index in [0.717, 1.165) is 5.56 Å². The van der Waals surface area contributed by atoms with Crippen LogP contribution < -0.4 is 11.1 Å². The van der Waals surface area contributed by atoms with Gasteiger partial charge in [-0.3, -0.25) is 9.78 Å². The molecule has 3 N–H and O–H groups in total. The summed E-state index contributed by atoms with van der Waals surface area (Å²) in [5, 5.41) is 6.56. The highest BCUT2D eigenvalue weighted by atomic mass is 16.2. The molecule has 0 aliphatic heterocycles. The largest absolute Gasteiger partial charge is 0.367 e. The van der Waals surface area contributed by atoms with Gasteiger partial charge in [0.1, 0.15) is 12.9 Å². The monoisotopic (exact) mass is 232 g/mol. The summed E-state index contributed by atoms with van der Waals surface area (Å²) in [7, 11) is 0. The molecule has 0 bridgehead atoms. The van der Waals surface area contributed by atoms with Crippen molar-refractivity contribution in [3.05, 3.63) is 30.4 Å². The molecule has 0 saturated carbocycles. The van der Waals surface area contributed by atoms with Crippen LogP contribution in [0.2, 0.25) is 0 Å². The maximum absolute atomic E-state index is 11.7. The maximum atomic E-state index is 11.7. The third-order valence-electron chi connectivity index (χ3n) is 2.17. The van der Waals surface area contributed by atoms with Crippen LogP contribution in [-0.4, -0.2) is 25.7 Å². The number of hydrogen-bond donors (Lipinski definition) is 2. The third kappa shape index (κ3) is 2.77. The molecule has 2 aromatic heterocycles. The minimum Gasteiger partial charge on any atom is -0.367 e. The second kappa shape index (κ2) is 4.60. The molecular formula is C10H12N6O. The van der Waals surface area contributed by atoms with E-state index in [9.17, 15) is 4.79 Å². The first-order valence-corrected chi connectivity index (χ1v) is 5.00. The van der Waals surface area contributed by atoms with Gasteiger partial charge in [-0.1, -0.05) is 0 Å². The van der Waals surface area contributed by atoms with Crippen LogP contribution in [0.1, 0.15) is 5.56 Å². The number of carbonyl (C=O) groups excluding carboxylic acids is 1. The Kier molecular flexibility index (Phi) is 2.99. The average molecular weight is 232 g/mol. The number of amides is 1. The van der Waals surface area contributed by atoms with Crippen molar-refractivity contribution >= 4 is 17.5 Å². The van der Waals surface area contributed by atoms with Crippen molar-refractivity contribution in [2.45, 2.75) is 13.5 Å². The van der Waals surface area contributed by atoms with Crippen molar-refractivity contribution in [3.63, 3.8) is 0 Å².